The lowest BCUT2D eigenvalue weighted by atomic mass is 10.1. The van der Waals surface area contributed by atoms with Crippen LogP contribution in [-0.4, -0.2) is 29.2 Å². The first-order valence-electron chi connectivity index (χ1n) is 7.01. The highest BCUT2D eigenvalue weighted by Gasteiger charge is 2.03. The molecule has 6 nitrogen and oxygen atoms in total. The van der Waals surface area contributed by atoms with Crippen LogP contribution in [0.15, 0.2) is 55.1 Å². The molecule has 0 aromatic carbocycles. The zero-order valence-electron chi connectivity index (χ0n) is 12.9. The Balaban J connectivity index is 1.75. The van der Waals surface area contributed by atoms with Crippen LogP contribution in [0.3, 0.4) is 0 Å². The first kappa shape index (κ1) is 14.8. The maximum atomic E-state index is 5.19. The van der Waals surface area contributed by atoms with Crippen LogP contribution < -0.4 is 14.8 Å². The van der Waals surface area contributed by atoms with Crippen LogP contribution in [0.1, 0.15) is 0 Å². The minimum atomic E-state index is 0.574. The smallest absolute Gasteiger partial charge is 0.213 e. The van der Waals surface area contributed by atoms with Crippen LogP contribution in [0.25, 0.3) is 11.1 Å². The van der Waals surface area contributed by atoms with E-state index in [0.29, 0.717) is 11.6 Å². The van der Waals surface area contributed by atoms with Crippen molar-refractivity contribution in [1.82, 2.24) is 15.0 Å². The average molecular weight is 308 g/mol. The minimum Gasteiger partial charge on any atom is -0.495 e. The van der Waals surface area contributed by atoms with Gasteiger partial charge < -0.3 is 14.8 Å². The van der Waals surface area contributed by atoms with E-state index in [1.54, 1.807) is 45.1 Å². The summed E-state index contributed by atoms with van der Waals surface area (Å²) in [5.74, 6) is 2.02. The monoisotopic (exact) mass is 308 g/mol. The predicted octanol–water partition coefficient (Wildman–Crippen LogP) is 3.30. The summed E-state index contributed by atoms with van der Waals surface area (Å²) in [6, 6.07) is 9.47. The van der Waals surface area contributed by atoms with Crippen LogP contribution in [-0.2, 0) is 0 Å². The van der Waals surface area contributed by atoms with Crippen LogP contribution in [0.2, 0.25) is 0 Å². The second-order valence-electron chi connectivity index (χ2n) is 4.76. The van der Waals surface area contributed by atoms with E-state index in [0.717, 1.165) is 22.6 Å². The normalized spacial score (nSPS) is 10.2. The van der Waals surface area contributed by atoms with Gasteiger partial charge in [-0.3, -0.25) is 4.98 Å². The molecule has 0 radical (unpaired) electrons. The summed E-state index contributed by atoms with van der Waals surface area (Å²) in [7, 11) is 3.21. The van der Waals surface area contributed by atoms with Gasteiger partial charge >= 0.3 is 0 Å². The van der Waals surface area contributed by atoms with Crippen LogP contribution in [0.5, 0.6) is 11.6 Å². The van der Waals surface area contributed by atoms with Crippen LogP contribution >= 0.6 is 0 Å². The quantitative estimate of drug-likeness (QED) is 0.780. The third-order valence-corrected chi connectivity index (χ3v) is 3.26. The number of rotatable bonds is 5. The van der Waals surface area contributed by atoms with Crippen molar-refractivity contribution in [2.45, 2.75) is 0 Å². The molecule has 0 saturated carbocycles. The Morgan fingerprint density at radius 3 is 2.39 bits per heavy atom. The van der Waals surface area contributed by atoms with Gasteiger partial charge in [0.15, 0.2) is 0 Å². The Morgan fingerprint density at radius 2 is 1.74 bits per heavy atom. The third kappa shape index (κ3) is 3.55. The van der Waals surface area contributed by atoms with Gasteiger partial charge in [0.25, 0.3) is 0 Å². The highest BCUT2D eigenvalue weighted by atomic mass is 16.5. The predicted molar refractivity (Wildman–Crippen MR) is 88.1 cm³/mol. The van der Waals surface area contributed by atoms with Gasteiger partial charge in [-0.25, -0.2) is 9.97 Å². The number of aromatic nitrogens is 3. The zero-order valence-corrected chi connectivity index (χ0v) is 12.9. The lowest BCUT2D eigenvalue weighted by Gasteiger charge is -2.07. The van der Waals surface area contributed by atoms with Crippen molar-refractivity contribution < 1.29 is 9.47 Å². The molecule has 3 rings (SSSR count). The maximum absolute atomic E-state index is 5.19. The fraction of sp³-hybridized carbons (Fsp3) is 0.118. The van der Waals surface area contributed by atoms with Crippen molar-refractivity contribution in [1.29, 1.82) is 0 Å². The summed E-state index contributed by atoms with van der Waals surface area (Å²) in [6.07, 6.45) is 6.93. The second-order valence-corrected chi connectivity index (χ2v) is 4.76. The maximum Gasteiger partial charge on any atom is 0.213 e. The van der Waals surface area contributed by atoms with Crippen molar-refractivity contribution in [2.24, 2.45) is 0 Å². The number of ether oxygens (including phenoxy) is 2. The minimum absolute atomic E-state index is 0.574. The van der Waals surface area contributed by atoms with E-state index in [9.17, 15) is 0 Å². The molecule has 0 bridgehead atoms. The molecule has 3 aromatic rings. The van der Waals surface area contributed by atoms with Crippen molar-refractivity contribution in [3.05, 3.63) is 55.1 Å². The summed E-state index contributed by atoms with van der Waals surface area (Å²) in [5, 5.41) is 3.19. The van der Waals surface area contributed by atoms with Gasteiger partial charge in [0.2, 0.25) is 5.88 Å². The van der Waals surface area contributed by atoms with Gasteiger partial charge in [-0.05, 0) is 24.3 Å². The molecule has 0 aliphatic carbocycles. The van der Waals surface area contributed by atoms with Gasteiger partial charge in [0.1, 0.15) is 11.6 Å². The van der Waals surface area contributed by atoms with E-state index in [2.05, 4.69) is 20.3 Å². The molecule has 0 amide bonds. The summed E-state index contributed by atoms with van der Waals surface area (Å²) in [4.78, 5) is 12.7. The average Bonchev–Trinajstić information content (AvgIpc) is 2.63. The lowest BCUT2D eigenvalue weighted by Crippen LogP contribution is -1.95. The molecule has 3 aromatic heterocycles. The van der Waals surface area contributed by atoms with Gasteiger partial charge in [-0.1, -0.05) is 0 Å². The van der Waals surface area contributed by atoms with E-state index in [1.807, 2.05) is 24.3 Å². The number of nitrogens with one attached hydrogen (secondary N) is 1. The molecule has 0 aliphatic rings. The van der Waals surface area contributed by atoms with Crippen molar-refractivity contribution in [3.8, 4) is 22.8 Å². The summed E-state index contributed by atoms with van der Waals surface area (Å²) >= 11 is 0. The van der Waals surface area contributed by atoms with Crippen molar-refractivity contribution in [3.63, 3.8) is 0 Å². The van der Waals surface area contributed by atoms with Gasteiger partial charge in [0, 0.05) is 29.6 Å². The molecular formula is C17H16N4O2. The topological polar surface area (TPSA) is 69.2 Å². The molecule has 0 spiro atoms. The number of hydrogen-bond donors (Lipinski definition) is 1. The molecule has 1 N–H and O–H groups in total. The standard InChI is InChI=1S/C17H16N4O2/c1-22-15-7-13(8-18-11-15)12-3-5-16(19-9-12)21-14-4-6-17(23-2)20-10-14/h3-11H,1-2H3,(H,19,21). The SMILES string of the molecule is COc1cncc(-c2ccc(Nc3ccc(OC)nc3)nc2)c1. The second kappa shape index (κ2) is 6.74. The number of methoxy groups -OCH3 is 2. The zero-order chi connectivity index (χ0) is 16.1. The molecule has 116 valence electrons. The Bertz CT molecular complexity index is 773. The summed E-state index contributed by atoms with van der Waals surface area (Å²) in [6.45, 7) is 0. The molecular weight excluding hydrogens is 292 g/mol. The van der Waals surface area contributed by atoms with Crippen LogP contribution in [0.4, 0.5) is 11.5 Å². The van der Waals surface area contributed by atoms with E-state index in [1.165, 1.54) is 0 Å². The Kier molecular flexibility index (Phi) is 4.33. The van der Waals surface area contributed by atoms with Crippen molar-refractivity contribution >= 4 is 11.5 Å². The number of nitrogens with zero attached hydrogens (tertiary/aromatic N) is 3. The summed E-state index contributed by atoms with van der Waals surface area (Å²) < 4.78 is 10.2. The van der Waals surface area contributed by atoms with E-state index < -0.39 is 0 Å². The molecule has 23 heavy (non-hydrogen) atoms. The third-order valence-electron chi connectivity index (χ3n) is 3.26. The van der Waals surface area contributed by atoms with Gasteiger partial charge in [0.05, 0.1) is 32.3 Å². The number of hydrogen-bond acceptors (Lipinski definition) is 6. The Hall–Kier alpha value is -3.15. The van der Waals surface area contributed by atoms with Gasteiger partial charge in [-0.2, -0.15) is 0 Å². The van der Waals surface area contributed by atoms with Crippen molar-refractivity contribution in [2.75, 3.05) is 19.5 Å². The molecule has 0 unspecified atom stereocenters. The fourth-order valence-electron chi connectivity index (χ4n) is 2.05. The number of pyridine rings is 3. The Labute approximate surface area is 134 Å². The summed E-state index contributed by atoms with van der Waals surface area (Å²) in [5.41, 5.74) is 2.76. The first-order chi connectivity index (χ1) is 11.3. The molecule has 0 aliphatic heterocycles. The molecule has 6 heteroatoms. The number of anilines is 2. The van der Waals surface area contributed by atoms with E-state index in [-0.39, 0.29) is 0 Å². The Morgan fingerprint density at radius 1 is 0.826 bits per heavy atom. The largest absolute Gasteiger partial charge is 0.495 e. The highest BCUT2D eigenvalue weighted by molar-refractivity contribution is 5.65. The van der Waals surface area contributed by atoms with E-state index in [4.69, 9.17) is 9.47 Å². The van der Waals surface area contributed by atoms with E-state index >= 15 is 0 Å². The molecule has 0 saturated heterocycles. The highest BCUT2D eigenvalue weighted by Crippen LogP contribution is 2.23. The molecule has 0 fully saturated rings. The van der Waals surface area contributed by atoms with Gasteiger partial charge in [-0.15, -0.1) is 0 Å². The van der Waals surface area contributed by atoms with Crippen LogP contribution in [0, 0.1) is 0 Å². The first-order valence-corrected chi connectivity index (χ1v) is 7.01. The lowest BCUT2D eigenvalue weighted by molar-refractivity contribution is 0.398. The molecule has 0 atom stereocenters. The molecule has 3 heterocycles. The fourth-order valence-corrected chi connectivity index (χ4v) is 2.05.